The van der Waals surface area contributed by atoms with Crippen LogP contribution in [-0.2, 0) is 0 Å². The molecule has 0 saturated carbocycles. The van der Waals surface area contributed by atoms with E-state index < -0.39 is 15.5 Å². The number of hydrogen-bond acceptors (Lipinski definition) is 6. The third-order valence-corrected chi connectivity index (χ3v) is 3.20. The number of rotatable bonds is 5. The van der Waals surface area contributed by atoms with Crippen LogP contribution < -0.4 is 5.43 Å². The van der Waals surface area contributed by atoms with Gasteiger partial charge < -0.3 is 0 Å². The Labute approximate surface area is 131 Å². The van der Waals surface area contributed by atoms with Gasteiger partial charge in [-0.05, 0) is 25.5 Å². The second-order valence-corrected chi connectivity index (χ2v) is 4.89. The van der Waals surface area contributed by atoms with Gasteiger partial charge in [0.1, 0.15) is 5.69 Å². The minimum absolute atomic E-state index is 0.0899. The van der Waals surface area contributed by atoms with Gasteiger partial charge in [0.15, 0.2) is 0 Å². The van der Waals surface area contributed by atoms with Gasteiger partial charge in [0.25, 0.3) is 5.69 Å². The number of benzene rings is 2. The number of non-ortho nitro benzene ring substituents is 1. The smallest absolute Gasteiger partial charge is 0.271 e. The first-order valence-corrected chi connectivity index (χ1v) is 6.68. The van der Waals surface area contributed by atoms with Crippen molar-refractivity contribution in [1.29, 1.82) is 0 Å². The predicted octanol–water partition coefficient (Wildman–Crippen LogP) is 3.65. The molecule has 1 N–H and O–H groups in total. The Morgan fingerprint density at radius 3 is 2.26 bits per heavy atom. The summed E-state index contributed by atoms with van der Waals surface area (Å²) in [6.45, 7) is 3.73. The van der Waals surface area contributed by atoms with Crippen LogP contribution in [0.2, 0.25) is 0 Å². The Hall–Kier alpha value is -3.29. The maximum absolute atomic E-state index is 11.0. The van der Waals surface area contributed by atoms with Gasteiger partial charge in [-0.2, -0.15) is 5.10 Å². The molecule has 2 aromatic rings. The Balaban J connectivity index is 2.28. The molecular formula is C15H14N4O4. The molecule has 0 saturated heterocycles. The zero-order chi connectivity index (χ0) is 17.0. The van der Waals surface area contributed by atoms with E-state index in [0.29, 0.717) is 5.71 Å². The summed E-state index contributed by atoms with van der Waals surface area (Å²) in [7, 11) is 0. The Morgan fingerprint density at radius 1 is 1.04 bits per heavy atom. The van der Waals surface area contributed by atoms with E-state index in [1.807, 2.05) is 31.2 Å². The monoisotopic (exact) mass is 314 g/mol. The lowest BCUT2D eigenvalue weighted by Crippen LogP contribution is -2.02. The standard InChI is InChI=1S/C15H14N4O4/c1-10-3-5-12(6-4-10)11(2)16-17-14-8-7-13(18(20)21)9-15(14)19(22)23/h3-9,17H,1-2H3/b16-11+. The van der Waals surface area contributed by atoms with Gasteiger partial charge in [0.2, 0.25) is 0 Å². The van der Waals surface area contributed by atoms with E-state index >= 15 is 0 Å². The SMILES string of the molecule is C/C(=N\Nc1ccc([N+](=O)[O-])cc1[N+](=O)[O-])c1ccc(C)cc1. The molecule has 0 amide bonds. The number of anilines is 1. The highest BCUT2D eigenvalue weighted by molar-refractivity contribution is 5.99. The second kappa shape index (κ2) is 6.65. The van der Waals surface area contributed by atoms with Crippen LogP contribution in [0.1, 0.15) is 18.1 Å². The summed E-state index contributed by atoms with van der Waals surface area (Å²) in [6, 6.07) is 11.0. The normalized spacial score (nSPS) is 11.1. The summed E-state index contributed by atoms with van der Waals surface area (Å²) in [5, 5.41) is 25.8. The highest BCUT2D eigenvalue weighted by Gasteiger charge is 2.19. The van der Waals surface area contributed by atoms with Gasteiger partial charge in [0.05, 0.1) is 21.6 Å². The summed E-state index contributed by atoms with van der Waals surface area (Å²) >= 11 is 0. The molecule has 0 aromatic heterocycles. The first kappa shape index (κ1) is 16.1. The molecule has 0 unspecified atom stereocenters. The van der Waals surface area contributed by atoms with Crippen molar-refractivity contribution >= 4 is 22.8 Å². The number of hydrogen-bond donors (Lipinski definition) is 1. The molecule has 0 atom stereocenters. The fourth-order valence-electron chi connectivity index (χ4n) is 1.88. The molecule has 0 heterocycles. The average molecular weight is 314 g/mol. The number of aryl methyl sites for hydroxylation is 1. The third-order valence-electron chi connectivity index (χ3n) is 3.20. The van der Waals surface area contributed by atoms with Crippen molar-refractivity contribution in [1.82, 2.24) is 0 Å². The molecule has 23 heavy (non-hydrogen) atoms. The molecule has 0 fully saturated rings. The van der Waals surface area contributed by atoms with Crippen LogP contribution in [0.25, 0.3) is 0 Å². The minimum atomic E-state index is -0.688. The first-order valence-electron chi connectivity index (χ1n) is 6.68. The summed E-state index contributed by atoms with van der Waals surface area (Å²) in [5.74, 6) is 0. The molecule has 2 aromatic carbocycles. The quantitative estimate of drug-likeness (QED) is 0.514. The average Bonchev–Trinajstić information content (AvgIpc) is 2.52. The van der Waals surface area contributed by atoms with E-state index in [1.165, 1.54) is 12.1 Å². The third kappa shape index (κ3) is 3.88. The van der Waals surface area contributed by atoms with E-state index in [-0.39, 0.29) is 11.4 Å². The largest absolute Gasteiger partial charge is 0.301 e. The summed E-state index contributed by atoms with van der Waals surface area (Å²) in [5.41, 5.74) is 4.55. The van der Waals surface area contributed by atoms with E-state index in [4.69, 9.17) is 0 Å². The van der Waals surface area contributed by atoms with Gasteiger partial charge in [-0.1, -0.05) is 29.8 Å². The molecule has 118 valence electrons. The van der Waals surface area contributed by atoms with Gasteiger partial charge in [0, 0.05) is 6.07 Å². The van der Waals surface area contributed by atoms with Crippen LogP contribution in [0.5, 0.6) is 0 Å². The maximum Gasteiger partial charge on any atom is 0.301 e. The first-order chi connectivity index (χ1) is 10.9. The lowest BCUT2D eigenvalue weighted by molar-refractivity contribution is -0.393. The summed E-state index contributed by atoms with van der Waals surface area (Å²) in [4.78, 5) is 20.4. The molecule has 0 radical (unpaired) electrons. The van der Waals surface area contributed by atoms with Crippen molar-refractivity contribution in [3.8, 4) is 0 Å². The van der Waals surface area contributed by atoms with E-state index in [2.05, 4.69) is 10.5 Å². The van der Waals surface area contributed by atoms with Crippen LogP contribution >= 0.6 is 0 Å². The number of hydrazone groups is 1. The number of nitro groups is 2. The van der Waals surface area contributed by atoms with Crippen molar-refractivity contribution in [2.24, 2.45) is 5.10 Å². The lowest BCUT2D eigenvalue weighted by atomic mass is 10.1. The Morgan fingerprint density at radius 2 is 1.70 bits per heavy atom. The summed E-state index contributed by atoms with van der Waals surface area (Å²) < 4.78 is 0. The number of nitrogens with zero attached hydrogens (tertiary/aromatic N) is 3. The van der Waals surface area contributed by atoms with Crippen LogP contribution in [0, 0.1) is 27.2 Å². The zero-order valence-corrected chi connectivity index (χ0v) is 12.5. The molecule has 0 aliphatic heterocycles. The van der Waals surface area contributed by atoms with Crippen molar-refractivity contribution in [2.45, 2.75) is 13.8 Å². The van der Waals surface area contributed by atoms with Crippen LogP contribution in [-0.4, -0.2) is 15.6 Å². The van der Waals surface area contributed by atoms with Crippen molar-refractivity contribution in [3.63, 3.8) is 0 Å². The summed E-state index contributed by atoms with van der Waals surface area (Å²) in [6.07, 6.45) is 0. The molecule has 0 aliphatic rings. The zero-order valence-electron chi connectivity index (χ0n) is 12.5. The maximum atomic E-state index is 11.0. The van der Waals surface area contributed by atoms with Crippen LogP contribution in [0.4, 0.5) is 17.1 Å². The second-order valence-electron chi connectivity index (χ2n) is 4.89. The highest BCUT2D eigenvalue weighted by Crippen LogP contribution is 2.29. The van der Waals surface area contributed by atoms with Crippen LogP contribution in [0.3, 0.4) is 0 Å². The topological polar surface area (TPSA) is 111 Å². The lowest BCUT2D eigenvalue weighted by Gasteiger charge is -2.05. The van der Waals surface area contributed by atoms with Gasteiger partial charge >= 0.3 is 5.69 Å². The Kier molecular flexibility index (Phi) is 4.65. The molecule has 0 bridgehead atoms. The van der Waals surface area contributed by atoms with E-state index in [0.717, 1.165) is 17.2 Å². The minimum Gasteiger partial charge on any atom is -0.271 e. The van der Waals surface area contributed by atoms with Crippen LogP contribution in [0.15, 0.2) is 47.6 Å². The van der Waals surface area contributed by atoms with Gasteiger partial charge in [-0.15, -0.1) is 0 Å². The molecule has 8 heteroatoms. The van der Waals surface area contributed by atoms with Gasteiger partial charge in [-0.3, -0.25) is 25.7 Å². The van der Waals surface area contributed by atoms with Crippen molar-refractivity contribution in [2.75, 3.05) is 5.43 Å². The molecule has 0 spiro atoms. The number of nitrogens with one attached hydrogen (secondary N) is 1. The van der Waals surface area contributed by atoms with E-state index in [1.54, 1.807) is 6.92 Å². The van der Waals surface area contributed by atoms with Crippen molar-refractivity contribution < 1.29 is 9.85 Å². The molecule has 2 rings (SSSR count). The fraction of sp³-hybridized carbons (Fsp3) is 0.133. The molecule has 8 nitrogen and oxygen atoms in total. The Bertz CT molecular complexity index is 785. The molecular weight excluding hydrogens is 300 g/mol. The fourth-order valence-corrected chi connectivity index (χ4v) is 1.88. The predicted molar refractivity (Wildman–Crippen MR) is 86.8 cm³/mol. The van der Waals surface area contributed by atoms with Crippen molar-refractivity contribution in [3.05, 3.63) is 73.8 Å². The number of nitro benzene ring substituents is 2. The molecule has 0 aliphatic carbocycles. The van der Waals surface area contributed by atoms with E-state index in [9.17, 15) is 20.2 Å². The van der Waals surface area contributed by atoms with Gasteiger partial charge in [-0.25, -0.2) is 0 Å². The highest BCUT2D eigenvalue weighted by atomic mass is 16.6.